The number of carbonyl (C=O) groups excluding carboxylic acids is 1. The van der Waals surface area contributed by atoms with Crippen LogP contribution in [0.1, 0.15) is 11.1 Å². The summed E-state index contributed by atoms with van der Waals surface area (Å²) in [7, 11) is 0. The first kappa shape index (κ1) is 15.8. The molecule has 2 aromatic rings. The van der Waals surface area contributed by atoms with Crippen molar-refractivity contribution in [3.63, 3.8) is 0 Å². The second kappa shape index (κ2) is 7.42. The van der Waals surface area contributed by atoms with E-state index < -0.39 is 11.8 Å². The fourth-order valence-electron chi connectivity index (χ4n) is 1.65. The van der Waals surface area contributed by atoms with Crippen LogP contribution in [-0.2, 0) is 6.61 Å². The first-order chi connectivity index (χ1) is 10.6. The molecule has 0 aliphatic heterocycles. The predicted octanol–water partition coefficient (Wildman–Crippen LogP) is 3.06. The Balaban J connectivity index is 1.97. The number of rotatable bonds is 5. The summed E-state index contributed by atoms with van der Waals surface area (Å²) in [5.74, 6) is 0.146. The van der Waals surface area contributed by atoms with E-state index in [-0.39, 0.29) is 6.61 Å². The largest absolute Gasteiger partial charge is 0.489 e. The first-order valence-electron chi connectivity index (χ1n) is 6.30. The van der Waals surface area contributed by atoms with Crippen LogP contribution in [0.2, 0.25) is 5.02 Å². The monoisotopic (exact) mass is 321 g/mol. The van der Waals surface area contributed by atoms with Crippen molar-refractivity contribution in [1.29, 1.82) is 0 Å². The van der Waals surface area contributed by atoms with E-state index in [2.05, 4.69) is 10.5 Å². The van der Waals surface area contributed by atoms with E-state index in [4.69, 9.17) is 22.1 Å². The number of hydrazone groups is 1. The molecular formula is C15H13ClFN3O2. The Kier molecular flexibility index (Phi) is 5.32. The molecular weight excluding hydrogens is 309 g/mol. The molecule has 3 N–H and O–H groups in total. The first-order valence-corrected chi connectivity index (χ1v) is 6.68. The van der Waals surface area contributed by atoms with Crippen molar-refractivity contribution < 1.29 is 13.9 Å². The van der Waals surface area contributed by atoms with Gasteiger partial charge in [0.05, 0.1) is 11.2 Å². The topological polar surface area (TPSA) is 76.7 Å². The molecule has 114 valence electrons. The second-order valence-corrected chi connectivity index (χ2v) is 4.70. The molecule has 5 nitrogen and oxygen atoms in total. The van der Waals surface area contributed by atoms with Gasteiger partial charge in [-0.05, 0) is 42.0 Å². The van der Waals surface area contributed by atoms with Crippen molar-refractivity contribution >= 4 is 23.8 Å². The zero-order chi connectivity index (χ0) is 15.9. The van der Waals surface area contributed by atoms with E-state index in [0.29, 0.717) is 16.3 Å². The molecule has 2 amide bonds. The summed E-state index contributed by atoms with van der Waals surface area (Å²) < 4.78 is 19.1. The lowest BCUT2D eigenvalue weighted by Crippen LogP contribution is -2.24. The molecule has 0 fully saturated rings. The number of primary amides is 1. The van der Waals surface area contributed by atoms with Gasteiger partial charge in [0.1, 0.15) is 18.2 Å². The van der Waals surface area contributed by atoms with Gasteiger partial charge in [-0.3, -0.25) is 0 Å². The maximum Gasteiger partial charge on any atom is 0.332 e. The smallest absolute Gasteiger partial charge is 0.332 e. The summed E-state index contributed by atoms with van der Waals surface area (Å²) in [4.78, 5) is 10.5. The summed E-state index contributed by atoms with van der Waals surface area (Å²) in [6.45, 7) is 0.0299. The summed E-state index contributed by atoms with van der Waals surface area (Å²) in [5.41, 5.74) is 8.01. The van der Waals surface area contributed by atoms with E-state index in [0.717, 1.165) is 5.56 Å². The minimum absolute atomic E-state index is 0.0299. The highest BCUT2D eigenvalue weighted by molar-refractivity contribution is 6.31. The van der Waals surface area contributed by atoms with Crippen LogP contribution in [0.3, 0.4) is 0 Å². The van der Waals surface area contributed by atoms with Gasteiger partial charge in [-0.15, -0.1) is 0 Å². The van der Waals surface area contributed by atoms with Gasteiger partial charge in [0.25, 0.3) is 0 Å². The normalized spacial score (nSPS) is 10.6. The van der Waals surface area contributed by atoms with Gasteiger partial charge >= 0.3 is 6.03 Å². The number of amides is 2. The molecule has 2 rings (SSSR count). The molecule has 0 aliphatic rings. The summed E-state index contributed by atoms with van der Waals surface area (Å²) >= 11 is 5.92. The third-order valence-electron chi connectivity index (χ3n) is 2.71. The molecule has 0 radical (unpaired) electrons. The fraction of sp³-hybridized carbons (Fsp3) is 0.0667. The number of carbonyl (C=O) groups is 1. The maximum absolute atomic E-state index is 13.6. The van der Waals surface area contributed by atoms with Crippen molar-refractivity contribution in [2.45, 2.75) is 6.61 Å². The lowest BCUT2D eigenvalue weighted by Gasteiger charge is -2.08. The van der Waals surface area contributed by atoms with E-state index in [9.17, 15) is 9.18 Å². The second-order valence-electron chi connectivity index (χ2n) is 4.29. The number of nitrogens with zero attached hydrogens (tertiary/aromatic N) is 1. The molecule has 0 heterocycles. The number of hydrogen-bond donors (Lipinski definition) is 2. The lowest BCUT2D eigenvalue weighted by molar-refractivity contribution is 0.249. The standard InChI is InChI=1S/C15H13ClFN3O2/c16-13-2-1-3-14(17)12(13)9-22-11-6-4-10(5-7-11)8-19-20-15(18)21/h1-8H,9H2,(H3,18,20,21)/b19-8-. The zero-order valence-electron chi connectivity index (χ0n) is 11.4. The van der Waals surface area contributed by atoms with Gasteiger partial charge in [0.2, 0.25) is 0 Å². The summed E-state index contributed by atoms with van der Waals surface area (Å²) in [5, 5.41) is 3.95. The SMILES string of the molecule is NC(=O)N/N=C\c1ccc(OCc2c(F)cccc2Cl)cc1. The van der Waals surface area contributed by atoms with Crippen molar-refractivity contribution in [3.8, 4) is 5.75 Å². The van der Waals surface area contributed by atoms with E-state index >= 15 is 0 Å². The fourth-order valence-corrected chi connectivity index (χ4v) is 1.86. The number of benzene rings is 2. The average Bonchev–Trinajstić information content (AvgIpc) is 2.48. The van der Waals surface area contributed by atoms with Crippen LogP contribution in [-0.4, -0.2) is 12.2 Å². The van der Waals surface area contributed by atoms with Crippen LogP contribution in [0.5, 0.6) is 5.75 Å². The van der Waals surface area contributed by atoms with Gasteiger partial charge in [-0.1, -0.05) is 17.7 Å². The number of hydrogen-bond acceptors (Lipinski definition) is 3. The Morgan fingerprint density at radius 2 is 2.05 bits per heavy atom. The number of halogens is 2. The zero-order valence-corrected chi connectivity index (χ0v) is 12.2. The van der Waals surface area contributed by atoms with E-state index in [1.54, 1.807) is 30.3 Å². The van der Waals surface area contributed by atoms with Crippen LogP contribution in [0.15, 0.2) is 47.6 Å². The minimum Gasteiger partial charge on any atom is -0.489 e. The highest BCUT2D eigenvalue weighted by atomic mass is 35.5. The van der Waals surface area contributed by atoms with Gasteiger partial charge in [0, 0.05) is 5.56 Å². The third-order valence-corrected chi connectivity index (χ3v) is 3.07. The Labute approximate surface area is 131 Å². The molecule has 0 saturated carbocycles. The number of urea groups is 1. The maximum atomic E-state index is 13.6. The summed E-state index contributed by atoms with van der Waals surface area (Å²) in [6, 6.07) is 10.6. The van der Waals surface area contributed by atoms with Crippen LogP contribution < -0.4 is 15.9 Å². The number of nitrogens with one attached hydrogen (secondary N) is 1. The van der Waals surface area contributed by atoms with Crippen molar-refractivity contribution in [3.05, 3.63) is 64.4 Å². The molecule has 0 unspecified atom stereocenters. The minimum atomic E-state index is -0.738. The molecule has 7 heteroatoms. The lowest BCUT2D eigenvalue weighted by atomic mass is 10.2. The highest BCUT2D eigenvalue weighted by Crippen LogP contribution is 2.21. The van der Waals surface area contributed by atoms with Crippen molar-refractivity contribution in [2.24, 2.45) is 10.8 Å². The van der Waals surface area contributed by atoms with Gasteiger partial charge in [-0.2, -0.15) is 5.10 Å². The number of ether oxygens (including phenoxy) is 1. The predicted molar refractivity (Wildman–Crippen MR) is 82.5 cm³/mol. The number of nitrogens with two attached hydrogens (primary N) is 1. The van der Waals surface area contributed by atoms with E-state index in [1.807, 2.05) is 0 Å². The van der Waals surface area contributed by atoms with E-state index in [1.165, 1.54) is 18.3 Å². The molecule has 0 atom stereocenters. The van der Waals surface area contributed by atoms with Crippen LogP contribution >= 0.6 is 11.6 Å². The molecule has 2 aromatic carbocycles. The van der Waals surface area contributed by atoms with Crippen LogP contribution in [0.4, 0.5) is 9.18 Å². The molecule has 0 bridgehead atoms. The molecule has 0 aromatic heterocycles. The third kappa shape index (κ3) is 4.46. The van der Waals surface area contributed by atoms with Crippen molar-refractivity contribution in [1.82, 2.24) is 5.43 Å². The van der Waals surface area contributed by atoms with Gasteiger partial charge in [-0.25, -0.2) is 14.6 Å². The quantitative estimate of drug-likeness (QED) is 0.656. The average molecular weight is 322 g/mol. The molecule has 0 saturated heterocycles. The van der Waals surface area contributed by atoms with Crippen LogP contribution in [0.25, 0.3) is 0 Å². The Morgan fingerprint density at radius 1 is 1.32 bits per heavy atom. The Hall–Kier alpha value is -2.60. The van der Waals surface area contributed by atoms with Crippen molar-refractivity contribution in [2.75, 3.05) is 0 Å². The summed E-state index contributed by atoms with van der Waals surface area (Å²) in [6.07, 6.45) is 1.43. The molecule has 22 heavy (non-hydrogen) atoms. The Bertz CT molecular complexity index is 669. The van der Waals surface area contributed by atoms with Gasteiger partial charge < -0.3 is 10.5 Å². The highest BCUT2D eigenvalue weighted by Gasteiger charge is 2.07. The van der Waals surface area contributed by atoms with Crippen LogP contribution in [0, 0.1) is 5.82 Å². The Morgan fingerprint density at radius 3 is 2.68 bits per heavy atom. The van der Waals surface area contributed by atoms with Gasteiger partial charge in [0.15, 0.2) is 0 Å². The molecule has 0 spiro atoms. The molecule has 0 aliphatic carbocycles.